The van der Waals surface area contributed by atoms with E-state index in [-0.39, 0.29) is 11.8 Å². The fraction of sp³-hybridized carbons (Fsp3) is 0.647. The summed E-state index contributed by atoms with van der Waals surface area (Å²) >= 11 is 0. The molecule has 1 amide bonds. The maximum absolute atomic E-state index is 12.7. The number of rotatable bonds is 3. The van der Waals surface area contributed by atoms with E-state index in [1.165, 1.54) is 19.3 Å². The average molecular weight is 287 g/mol. The van der Waals surface area contributed by atoms with Crippen LogP contribution in [-0.2, 0) is 11.3 Å². The number of fused-ring (bicyclic) bond motifs is 2. The molecule has 2 bridgehead atoms. The van der Waals surface area contributed by atoms with Gasteiger partial charge in [-0.1, -0.05) is 12.5 Å². The summed E-state index contributed by atoms with van der Waals surface area (Å²) in [5.41, 5.74) is 7.26. The van der Waals surface area contributed by atoms with Gasteiger partial charge in [0.05, 0.1) is 12.2 Å². The van der Waals surface area contributed by atoms with Gasteiger partial charge in [0, 0.05) is 25.2 Å². The smallest absolute Gasteiger partial charge is 0.225 e. The highest BCUT2D eigenvalue weighted by atomic mass is 16.2. The van der Waals surface area contributed by atoms with Crippen LogP contribution in [0.15, 0.2) is 24.4 Å². The van der Waals surface area contributed by atoms with E-state index >= 15 is 0 Å². The van der Waals surface area contributed by atoms with Gasteiger partial charge in [-0.05, 0) is 49.7 Å². The number of hydrogen-bond acceptors (Lipinski definition) is 3. The SMILES string of the molecule is CN(Cc1ccccn1)C(=O)C1CC2CCCC(C1)C2N. The monoisotopic (exact) mass is 287 g/mol. The Kier molecular flexibility index (Phi) is 4.24. The Morgan fingerprint density at radius 2 is 2.05 bits per heavy atom. The Labute approximate surface area is 126 Å². The standard InChI is InChI=1S/C17H25N3O/c1-20(11-15-7-2-3-8-19-15)17(21)14-9-12-5-4-6-13(10-14)16(12)18/h2-3,7-8,12-14,16H,4-6,9-11,18H2,1H3. The molecule has 1 heterocycles. The Morgan fingerprint density at radius 3 is 2.67 bits per heavy atom. The zero-order valence-corrected chi connectivity index (χ0v) is 12.7. The second kappa shape index (κ2) is 6.14. The van der Waals surface area contributed by atoms with Gasteiger partial charge in [0.2, 0.25) is 5.91 Å². The Hall–Kier alpha value is -1.42. The molecule has 2 aliphatic carbocycles. The minimum Gasteiger partial charge on any atom is -0.340 e. The van der Waals surface area contributed by atoms with Crippen molar-refractivity contribution in [3.8, 4) is 0 Å². The highest BCUT2D eigenvalue weighted by Crippen LogP contribution is 2.42. The van der Waals surface area contributed by atoms with Gasteiger partial charge >= 0.3 is 0 Å². The highest BCUT2D eigenvalue weighted by molar-refractivity contribution is 5.78. The van der Waals surface area contributed by atoms with Crippen molar-refractivity contribution in [3.63, 3.8) is 0 Å². The number of aromatic nitrogens is 1. The summed E-state index contributed by atoms with van der Waals surface area (Å²) in [6, 6.07) is 6.15. The second-order valence-corrected chi connectivity index (χ2v) is 6.71. The maximum atomic E-state index is 12.7. The fourth-order valence-corrected chi connectivity index (χ4v) is 4.12. The number of nitrogens with zero attached hydrogens (tertiary/aromatic N) is 2. The van der Waals surface area contributed by atoms with Crippen LogP contribution < -0.4 is 5.73 Å². The van der Waals surface area contributed by atoms with Gasteiger partial charge in [0.15, 0.2) is 0 Å². The molecular weight excluding hydrogens is 262 g/mol. The Morgan fingerprint density at radius 1 is 1.33 bits per heavy atom. The number of nitrogens with two attached hydrogens (primary N) is 1. The summed E-state index contributed by atoms with van der Waals surface area (Å²) < 4.78 is 0. The lowest BCUT2D eigenvalue weighted by atomic mass is 9.65. The van der Waals surface area contributed by atoms with Crippen molar-refractivity contribution in [2.45, 2.75) is 44.7 Å². The molecule has 2 saturated carbocycles. The van der Waals surface area contributed by atoms with Crippen LogP contribution in [0.2, 0.25) is 0 Å². The zero-order valence-electron chi connectivity index (χ0n) is 12.7. The molecule has 1 aromatic heterocycles. The van der Waals surface area contributed by atoms with Crippen LogP contribution in [0.5, 0.6) is 0 Å². The normalized spacial score (nSPS) is 31.7. The molecule has 0 aromatic carbocycles. The van der Waals surface area contributed by atoms with Crippen LogP contribution in [-0.4, -0.2) is 28.9 Å². The summed E-state index contributed by atoms with van der Waals surface area (Å²) in [6.45, 7) is 0.595. The molecule has 0 radical (unpaired) electrons. The number of amides is 1. The fourth-order valence-electron chi connectivity index (χ4n) is 4.12. The van der Waals surface area contributed by atoms with Gasteiger partial charge in [-0.3, -0.25) is 9.78 Å². The van der Waals surface area contributed by atoms with Crippen molar-refractivity contribution in [2.75, 3.05) is 7.05 Å². The predicted molar refractivity (Wildman–Crippen MR) is 82.2 cm³/mol. The number of carbonyl (C=O) groups excluding carboxylic acids is 1. The summed E-state index contributed by atoms with van der Waals surface area (Å²) in [5.74, 6) is 1.53. The van der Waals surface area contributed by atoms with E-state index in [2.05, 4.69) is 4.98 Å². The van der Waals surface area contributed by atoms with Crippen LogP contribution in [0, 0.1) is 17.8 Å². The first-order valence-electron chi connectivity index (χ1n) is 8.05. The van der Waals surface area contributed by atoms with E-state index in [1.54, 1.807) is 6.20 Å². The molecule has 3 rings (SSSR count). The molecule has 1 aromatic rings. The van der Waals surface area contributed by atoms with Crippen LogP contribution in [0.3, 0.4) is 0 Å². The quantitative estimate of drug-likeness (QED) is 0.927. The molecule has 114 valence electrons. The molecule has 0 aliphatic heterocycles. The Bertz CT molecular complexity index is 476. The first kappa shape index (κ1) is 14.5. The molecule has 2 N–H and O–H groups in total. The van der Waals surface area contributed by atoms with Crippen molar-refractivity contribution < 1.29 is 4.79 Å². The predicted octanol–water partition coefficient (Wildman–Crippen LogP) is 2.19. The lowest BCUT2D eigenvalue weighted by Gasteiger charge is -2.44. The lowest BCUT2D eigenvalue weighted by Crippen LogP contribution is -2.49. The van der Waals surface area contributed by atoms with Gasteiger partial charge in [-0.25, -0.2) is 0 Å². The minimum absolute atomic E-state index is 0.161. The summed E-state index contributed by atoms with van der Waals surface area (Å²) in [4.78, 5) is 18.8. The molecule has 2 atom stereocenters. The number of pyridine rings is 1. The number of carbonyl (C=O) groups is 1. The minimum atomic E-state index is 0.161. The number of hydrogen-bond donors (Lipinski definition) is 1. The molecule has 2 unspecified atom stereocenters. The van der Waals surface area contributed by atoms with Crippen molar-refractivity contribution >= 4 is 5.91 Å². The van der Waals surface area contributed by atoms with Gasteiger partial charge < -0.3 is 10.6 Å². The molecule has 0 saturated heterocycles. The summed E-state index contributed by atoms with van der Waals surface area (Å²) in [5, 5.41) is 0. The van der Waals surface area contributed by atoms with Crippen LogP contribution >= 0.6 is 0 Å². The zero-order chi connectivity index (χ0) is 14.8. The van der Waals surface area contributed by atoms with E-state index < -0.39 is 0 Å². The molecule has 0 spiro atoms. The summed E-state index contributed by atoms with van der Waals surface area (Å²) in [7, 11) is 1.89. The molecule has 21 heavy (non-hydrogen) atoms. The van der Waals surface area contributed by atoms with Crippen molar-refractivity contribution in [2.24, 2.45) is 23.5 Å². The van der Waals surface area contributed by atoms with Crippen molar-refractivity contribution in [1.29, 1.82) is 0 Å². The van der Waals surface area contributed by atoms with E-state index in [9.17, 15) is 4.79 Å². The van der Waals surface area contributed by atoms with E-state index in [0.717, 1.165) is 18.5 Å². The topological polar surface area (TPSA) is 59.2 Å². The third-order valence-corrected chi connectivity index (χ3v) is 5.26. The first-order valence-corrected chi connectivity index (χ1v) is 8.05. The highest BCUT2D eigenvalue weighted by Gasteiger charge is 2.41. The lowest BCUT2D eigenvalue weighted by molar-refractivity contribution is -0.137. The van der Waals surface area contributed by atoms with Crippen LogP contribution in [0.25, 0.3) is 0 Å². The Balaban J connectivity index is 1.62. The van der Waals surface area contributed by atoms with E-state index in [0.29, 0.717) is 24.4 Å². The summed E-state index contributed by atoms with van der Waals surface area (Å²) in [6.07, 6.45) is 7.41. The molecule has 4 nitrogen and oxygen atoms in total. The van der Waals surface area contributed by atoms with Gasteiger partial charge in [-0.15, -0.1) is 0 Å². The van der Waals surface area contributed by atoms with Crippen molar-refractivity contribution in [1.82, 2.24) is 9.88 Å². The van der Waals surface area contributed by atoms with Gasteiger partial charge in [0.1, 0.15) is 0 Å². The molecule has 4 heteroatoms. The first-order chi connectivity index (χ1) is 10.1. The van der Waals surface area contributed by atoms with E-state index in [4.69, 9.17) is 5.73 Å². The average Bonchev–Trinajstić information content (AvgIpc) is 2.47. The van der Waals surface area contributed by atoms with Gasteiger partial charge in [-0.2, -0.15) is 0 Å². The molecule has 2 fully saturated rings. The molecular formula is C17H25N3O. The second-order valence-electron chi connectivity index (χ2n) is 6.71. The van der Waals surface area contributed by atoms with Crippen LogP contribution in [0.4, 0.5) is 0 Å². The van der Waals surface area contributed by atoms with Crippen LogP contribution in [0.1, 0.15) is 37.8 Å². The van der Waals surface area contributed by atoms with Gasteiger partial charge in [0.25, 0.3) is 0 Å². The van der Waals surface area contributed by atoms with Crippen molar-refractivity contribution in [3.05, 3.63) is 30.1 Å². The third kappa shape index (κ3) is 3.10. The largest absolute Gasteiger partial charge is 0.340 e. The van der Waals surface area contributed by atoms with E-state index in [1.807, 2.05) is 30.1 Å². The molecule has 2 aliphatic rings. The maximum Gasteiger partial charge on any atom is 0.225 e. The third-order valence-electron chi connectivity index (χ3n) is 5.26.